The normalized spacial score (nSPS) is 12.2. The summed E-state index contributed by atoms with van der Waals surface area (Å²) >= 11 is 0. The number of hydrogen-bond acceptors (Lipinski definition) is 6. The molecule has 1 N–H and O–H groups in total. The van der Waals surface area contributed by atoms with Gasteiger partial charge in [0.2, 0.25) is 15.9 Å². The van der Waals surface area contributed by atoms with Gasteiger partial charge in [-0.3, -0.25) is 9.62 Å². The predicted octanol–water partition coefficient (Wildman–Crippen LogP) is 4.55. The molecular weight excluding hydrogens is 447 g/mol. The Morgan fingerprint density at radius 1 is 1.09 bits per heavy atom. The molecule has 0 bridgehead atoms. The minimum atomic E-state index is -4.73. The van der Waals surface area contributed by atoms with Gasteiger partial charge < -0.3 is 9.15 Å². The van der Waals surface area contributed by atoms with E-state index in [0.717, 1.165) is 11.8 Å². The second kappa shape index (κ2) is 9.21. The van der Waals surface area contributed by atoms with Crippen molar-refractivity contribution in [2.75, 3.05) is 18.0 Å². The summed E-state index contributed by atoms with van der Waals surface area (Å²) in [5.41, 5.74) is 2.33. The molecule has 0 fully saturated rings. The summed E-state index contributed by atoms with van der Waals surface area (Å²) in [4.78, 5) is 6.44. The van der Waals surface area contributed by atoms with Gasteiger partial charge in [-0.1, -0.05) is 24.3 Å². The quantitative estimate of drug-likeness (QED) is 0.521. The number of aryl methyl sites for hydroxylation is 1. The van der Waals surface area contributed by atoms with Crippen molar-refractivity contribution in [1.29, 1.82) is 0 Å². The number of alkyl halides is 3. The SMILES string of the molecule is Cc1oc(-c2ccccc2NS(C)(=O)=O)nc1CN(C)Cc1ccc(OC(F)(F)F)cc1. The first-order valence-electron chi connectivity index (χ1n) is 9.46. The lowest BCUT2D eigenvalue weighted by atomic mass is 10.2. The summed E-state index contributed by atoms with van der Waals surface area (Å²) in [6.45, 7) is 2.63. The van der Waals surface area contributed by atoms with Crippen molar-refractivity contribution in [1.82, 2.24) is 9.88 Å². The van der Waals surface area contributed by atoms with E-state index in [9.17, 15) is 21.6 Å². The van der Waals surface area contributed by atoms with Crippen LogP contribution in [0, 0.1) is 6.92 Å². The van der Waals surface area contributed by atoms with Crippen molar-refractivity contribution < 1.29 is 30.7 Å². The summed E-state index contributed by atoms with van der Waals surface area (Å²) in [6.07, 6.45) is -3.66. The summed E-state index contributed by atoms with van der Waals surface area (Å²) in [5, 5.41) is 0. The van der Waals surface area contributed by atoms with E-state index in [0.29, 0.717) is 35.8 Å². The molecule has 0 saturated carbocycles. The maximum Gasteiger partial charge on any atom is 0.573 e. The Bertz CT molecular complexity index is 1180. The first kappa shape index (κ1) is 23.6. The molecule has 0 aliphatic heterocycles. The van der Waals surface area contributed by atoms with Crippen molar-refractivity contribution in [3.8, 4) is 17.2 Å². The molecule has 1 heterocycles. The summed E-state index contributed by atoms with van der Waals surface area (Å²) in [6, 6.07) is 12.4. The van der Waals surface area contributed by atoms with Crippen molar-refractivity contribution in [2.24, 2.45) is 0 Å². The van der Waals surface area contributed by atoms with Crippen LogP contribution in [0.2, 0.25) is 0 Å². The number of nitrogens with one attached hydrogen (secondary N) is 1. The lowest BCUT2D eigenvalue weighted by Gasteiger charge is -2.16. The molecule has 172 valence electrons. The average molecular weight is 469 g/mol. The Labute approximate surface area is 183 Å². The van der Waals surface area contributed by atoms with Crippen LogP contribution in [0.4, 0.5) is 18.9 Å². The second-order valence-corrected chi connectivity index (χ2v) is 9.05. The summed E-state index contributed by atoms with van der Waals surface area (Å²) in [5.74, 6) is 0.587. The number of anilines is 1. The summed E-state index contributed by atoms with van der Waals surface area (Å²) < 4.78 is 72.2. The van der Waals surface area contributed by atoms with Crippen LogP contribution in [-0.2, 0) is 23.1 Å². The number of oxazole rings is 1. The Morgan fingerprint density at radius 2 is 1.75 bits per heavy atom. The summed E-state index contributed by atoms with van der Waals surface area (Å²) in [7, 11) is -1.64. The number of sulfonamides is 1. The number of ether oxygens (including phenoxy) is 1. The highest BCUT2D eigenvalue weighted by molar-refractivity contribution is 7.92. The van der Waals surface area contributed by atoms with Gasteiger partial charge in [-0.15, -0.1) is 13.2 Å². The van der Waals surface area contributed by atoms with Crippen LogP contribution in [0.15, 0.2) is 52.9 Å². The first-order chi connectivity index (χ1) is 14.9. The highest BCUT2D eigenvalue weighted by Gasteiger charge is 2.31. The topological polar surface area (TPSA) is 84.7 Å². The van der Waals surface area contributed by atoms with E-state index in [4.69, 9.17) is 4.42 Å². The average Bonchev–Trinajstić information content (AvgIpc) is 3.01. The van der Waals surface area contributed by atoms with Crippen molar-refractivity contribution in [3.05, 3.63) is 65.5 Å². The highest BCUT2D eigenvalue weighted by Crippen LogP contribution is 2.30. The molecule has 3 aromatic rings. The Hall–Kier alpha value is -3.05. The van der Waals surface area contributed by atoms with Gasteiger partial charge in [-0.25, -0.2) is 13.4 Å². The van der Waals surface area contributed by atoms with Crippen LogP contribution in [-0.4, -0.2) is 38.0 Å². The van der Waals surface area contributed by atoms with Gasteiger partial charge in [0, 0.05) is 13.1 Å². The number of halogens is 3. The van der Waals surface area contributed by atoms with E-state index in [2.05, 4.69) is 14.4 Å². The smallest absolute Gasteiger partial charge is 0.441 e. The third-order valence-electron chi connectivity index (χ3n) is 4.37. The molecule has 7 nitrogen and oxygen atoms in total. The monoisotopic (exact) mass is 469 g/mol. The molecule has 1 aromatic heterocycles. The minimum Gasteiger partial charge on any atom is -0.441 e. The Morgan fingerprint density at radius 3 is 2.38 bits per heavy atom. The third kappa shape index (κ3) is 6.72. The third-order valence-corrected chi connectivity index (χ3v) is 4.97. The van der Waals surface area contributed by atoms with Crippen molar-refractivity contribution >= 4 is 15.7 Å². The van der Waals surface area contributed by atoms with Gasteiger partial charge in [0.15, 0.2) is 0 Å². The zero-order valence-electron chi connectivity index (χ0n) is 17.6. The van der Waals surface area contributed by atoms with Crippen LogP contribution in [0.1, 0.15) is 17.0 Å². The molecule has 0 saturated heterocycles. The van der Waals surface area contributed by atoms with Crippen molar-refractivity contribution in [2.45, 2.75) is 26.4 Å². The van der Waals surface area contributed by atoms with E-state index in [1.54, 1.807) is 43.3 Å². The molecule has 0 spiro atoms. The van der Waals surface area contributed by atoms with Gasteiger partial charge in [0.05, 0.1) is 23.2 Å². The van der Waals surface area contributed by atoms with Crippen LogP contribution in [0.5, 0.6) is 5.75 Å². The standard InChI is InChI=1S/C21H22F3N3O4S/c1-14-19(13-27(2)12-15-8-10-16(11-9-15)31-21(22,23)24)25-20(30-14)17-6-4-5-7-18(17)26-32(3,28)29/h4-11,26H,12-13H2,1-3H3. The molecule has 0 unspecified atom stereocenters. The van der Waals surface area contributed by atoms with Crippen LogP contribution in [0.25, 0.3) is 11.5 Å². The molecular formula is C21H22F3N3O4S. The van der Waals surface area contributed by atoms with Crippen LogP contribution in [0.3, 0.4) is 0 Å². The van der Waals surface area contributed by atoms with E-state index < -0.39 is 16.4 Å². The second-order valence-electron chi connectivity index (χ2n) is 7.31. The fourth-order valence-corrected chi connectivity index (χ4v) is 3.65. The van der Waals surface area contributed by atoms with E-state index in [1.807, 2.05) is 11.9 Å². The minimum absolute atomic E-state index is 0.276. The van der Waals surface area contributed by atoms with Gasteiger partial charge in [-0.2, -0.15) is 0 Å². The molecule has 0 radical (unpaired) electrons. The first-order valence-corrected chi connectivity index (χ1v) is 11.4. The number of hydrogen-bond donors (Lipinski definition) is 1. The van der Waals surface area contributed by atoms with Gasteiger partial charge in [0.25, 0.3) is 0 Å². The van der Waals surface area contributed by atoms with Crippen molar-refractivity contribution in [3.63, 3.8) is 0 Å². The lowest BCUT2D eigenvalue weighted by Crippen LogP contribution is -2.18. The van der Waals surface area contributed by atoms with E-state index in [1.165, 1.54) is 12.1 Å². The maximum atomic E-state index is 12.3. The molecule has 11 heteroatoms. The maximum absolute atomic E-state index is 12.3. The Kier molecular flexibility index (Phi) is 6.79. The molecule has 0 atom stereocenters. The largest absolute Gasteiger partial charge is 0.573 e. The predicted molar refractivity (Wildman–Crippen MR) is 113 cm³/mol. The zero-order valence-corrected chi connectivity index (χ0v) is 18.4. The number of benzene rings is 2. The molecule has 0 amide bonds. The molecule has 0 aliphatic rings. The van der Waals surface area contributed by atoms with Gasteiger partial charge in [-0.05, 0) is 43.8 Å². The lowest BCUT2D eigenvalue weighted by molar-refractivity contribution is -0.274. The van der Waals surface area contributed by atoms with Gasteiger partial charge >= 0.3 is 6.36 Å². The molecule has 3 rings (SSSR count). The van der Waals surface area contributed by atoms with E-state index in [-0.39, 0.29) is 11.6 Å². The fraction of sp³-hybridized carbons (Fsp3) is 0.286. The van der Waals surface area contributed by atoms with Crippen LogP contribution >= 0.6 is 0 Å². The van der Waals surface area contributed by atoms with E-state index >= 15 is 0 Å². The molecule has 0 aliphatic carbocycles. The zero-order chi connectivity index (χ0) is 23.5. The van der Waals surface area contributed by atoms with Crippen LogP contribution < -0.4 is 9.46 Å². The number of nitrogens with zero attached hydrogens (tertiary/aromatic N) is 2. The number of para-hydroxylation sites is 1. The highest BCUT2D eigenvalue weighted by atomic mass is 32.2. The number of aromatic nitrogens is 1. The Balaban J connectivity index is 1.71. The number of rotatable bonds is 8. The molecule has 2 aromatic carbocycles. The van der Waals surface area contributed by atoms with Gasteiger partial charge in [0.1, 0.15) is 11.5 Å². The fourth-order valence-electron chi connectivity index (χ4n) is 3.07. The molecule has 32 heavy (non-hydrogen) atoms.